The van der Waals surface area contributed by atoms with Crippen molar-refractivity contribution in [3.63, 3.8) is 0 Å². The minimum Gasteiger partial charge on any atom is -0.462 e. The van der Waals surface area contributed by atoms with Crippen LogP contribution in [0.1, 0.15) is 22.5 Å². The van der Waals surface area contributed by atoms with Gasteiger partial charge in [-0.15, -0.1) is 36.2 Å². The molecule has 2 aromatic rings. The molecule has 1 atom stereocenters. The van der Waals surface area contributed by atoms with Crippen molar-refractivity contribution in [3.8, 4) is 10.8 Å². The number of carbonyl (C=O) groups is 1. The molecule has 0 aliphatic carbocycles. The van der Waals surface area contributed by atoms with Crippen molar-refractivity contribution in [2.45, 2.75) is 12.8 Å². The smallest absolute Gasteiger partial charge is 0.263 e. The van der Waals surface area contributed by atoms with Gasteiger partial charge in [-0.1, -0.05) is 0 Å². The van der Waals surface area contributed by atoms with Crippen LogP contribution in [0.2, 0.25) is 0 Å². The summed E-state index contributed by atoms with van der Waals surface area (Å²) < 4.78 is 5.27. The van der Waals surface area contributed by atoms with E-state index in [4.69, 9.17) is 4.42 Å². The van der Waals surface area contributed by atoms with E-state index < -0.39 is 0 Å². The molecule has 1 unspecified atom stereocenters. The summed E-state index contributed by atoms with van der Waals surface area (Å²) in [7, 11) is 0. The van der Waals surface area contributed by atoms with Gasteiger partial charge in [0.25, 0.3) is 5.91 Å². The second kappa shape index (κ2) is 9.15. The topological polar surface area (TPSA) is 67.2 Å². The van der Waals surface area contributed by atoms with Gasteiger partial charge < -0.3 is 15.1 Å². The van der Waals surface area contributed by atoms with Crippen LogP contribution in [0.3, 0.4) is 0 Å². The Hall–Kier alpha value is -1.08. The average Bonchev–Trinajstić information content (AvgIpc) is 3.20. The first kappa shape index (κ1) is 19.0. The van der Waals surface area contributed by atoms with Gasteiger partial charge in [-0.3, -0.25) is 4.79 Å². The van der Waals surface area contributed by atoms with Gasteiger partial charge in [0.15, 0.2) is 10.8 Å². The number of nitrogens with one attached hydrogen (secondary N) is 2. The lowest BCUT2D eigenvalue weighted by molar-refractivity contribution is 0.0955. The molecule has 0 saturated carbocycles. The molecule has 3 rings (SSSR count). The molecular formula is C14H19Cl2N3O2S. The maximum Gasteiger partial charge on any atom is 0.263 e. The molecule has 1 fully saturated rings. The number of aromatic nitrogens is 1. The molecule has 0 spiro atoms. The first-order chi connectivity index (χ1) is 9.83. The molecule has 1 amide bonds. The Labute approximate surface area is 145 Å². The Balaban J connectivity index is 0.00000121. The second-order valence-electron chi connectivity index (χ2n) is 4.91. The first-order valence-electron chi connectivity index (χ1n) is 6.81. The van der Waals surface area contributed by atoms with Gasteiger partial charge in [-0.05, 0) is 44.0 Å². The van der Waals surface area contributed by atoms with Crippen molar-refractivity contribution in [2.75, 3.05) is 19.6 Å². The minimum atomic E-state index is -0.0498. The molecule has 0 aromatic carbocycles. The zero-order valence-corrected chi connectivity index (χ0v) is 14.4. The van der Waals surface area contributed by atoms with E-state index in [1.54, 1.807) is 12.5 Å². The molecular weight excluding hydrogens is 345 g/mol. The van der Waals surface area contributed by atoms with E-state index in [1.165, 1.54) is 17.8 Å². The quantitative estimate of drug-likeness (QED) is 0.856. The van der Waals surface area contributed by atoms with Crippen LogP contribution in [0, 0.1) is 5.92 Å². The maximum absolute atomic E-state index is 12.0. The molecule has 5 nitrogen and oxygen atoms in total. The summed E-state index contributed by atoms with van der Waals surface area (Å²) in [6.45, 7) is 2.89. The summed E-state index contributed by atoms with van der Waals surface area (Å²) in [5.41, 5.74) is 0. The number of hydrogen-bond acceptors (Lipinski definition) is 5. The predicted octanol–water partition coefficient (Wildman–Crippen LogP) is 2.98. The van der Waals surface area contributed by atoms with Crippen LogP contribution in [0.4, 0.5) is 0 Å². The Bertz CT molecular complexity index is 568. The fraction of sp³-hybridized carbons (Fsp3) is 0.429. The first-order valence-corrected chi connectivity index (χ1v) is 7.63. The monoisotopic (exact) mass is 363 g/mol. The molecule has 2 aromatic heterocycles. The average molecular weight is 364 g/mol. The van der Waals surface area contributed by atoms with Gasteiger partial charge in [0.05, 0.1) is 12.5 Å². The van der Waals surface area contributed by atoms with E-state index in [-0.39, 0.29) is 30.7 Å². The number of thiazole rings is 1. The van der Waals surface area contributed by atoms with Gasteiger partial charge in [0.2, 0.25) is 0 Å². The summed E-state index contributed by atoms with van der Waals surface area (Å²) >= 11 is 1.35. The Morgan fingerprint density at radius 1 is 1.50 bits per heavy atom. The van der Waals surface area contributed by atoms with Crippen molar-refractivity contribution < 1.29 is 9.21 Å². The van der Waals surface area contributed by atoms with Crippen LogP contribution in [0.5, 0.6) is 0 Å². The van der Waals surface area contributed by atoms with Gasteiger partial charge >= 0.3 is 0 Å². The highest BCUT2D eigenvalue weighted by Gasteiger charge is 2.16. The van der Waals surface area contributed by atoms with E-state index in [9.17, 15) is 4.79 Å². The van der Waals surface area contributed by atoms with Crippen LogP contribution in [-0.4, -0.2) is 30.5 Å². The number of furan rings is 1. The molecule has 122 valence electrons. The number of amides is 1. The molecule has 0 radical (unpaired) electrons. The molecule has 1 aliphatic rings. The minimum absolute atomic E-state index is 0. The second-order valence-corrected chi connectivity index (χ2v) is 5.94. The molecule has 22 heavy (non-hydrogen) atoms. The molecule has 3 heterocycles. The number of rotatable bonds is 5. The van der Waals surface area contributed by atoms with Crippen molar-refractivity contribution in [3.05, 3.63) is 29.5 Å². The van der Waals surface area contributed by atoms with Crippen LogP contribution in [0.25, 0.3) is 10.8 Å². The van der Waals surface area contributed by atoms with E-state index >= 15 is 0 Å². The van der Waals surface area contributed by atoms with E-state index in [0.717, 1.165) is 31.1 Å². The van der Waals surface area contributed by atoms with Gasteiger partial charge in [0.1, 0.15) is 4.88 Å². The number of halogens is 2. The molecule has 1 aliphatic heterocycles. The predicted molar refractivity (Wildman–Crippen MR) is 92.2 cm³/mol. The molecule has 8 heteroatoms. The lowest BCUT2D eigenvalue weighted by Crippen LogP contribution is -2.25. The number of hydrogen-bond donors (Lipinski definition) is 2. The Kier molecular flexibility index (Phi) is 7.89. The highest BCUT2D eigenvalue weighted by molar-refractivity contribution is 7.16. The van der Waals surface area contributed by atoms with E-state index in [2.05, 4.69) is 15.6 Å². The maximum atomic E-state index is 12.0. The highest BCUT2D eigenvalue weighted by atomic mass is 35.5. The molecule has 2 N–H and O–H groups in total. The normalized spacial score (nSPS) is 16.6. The van der Waals surface area contributed by atoms with E-state index in [1.807, 2.05) is 12.1 Å². The van der Waals surface area contributed by atoms with Crippen LogP contribution >= 0.6 is 36.2 Å². The number of nitrogens with zero attached hydrogens (tertiary/aromatic N) is 1. The summed E-state index contributed by atoms with van der Waals surface area (Å²) in [6, 6.07) is 3.65. The summed E-state index contributed by atoms with van der Waals surface area (Å²) in [6.07, 6.45) is 5.45. The van der Waals surface area contributed by atoms with Crippen LogP contribution in [0.15, 0.2) is 29.0 Å². The third-order valence-electron chi connectivity index (χ3n) is 3.46. The third kappa shape index (κ3) is 4.71. The van der Waals surface area contributed by atoms with E-state index in [0.29, 0.717) is 16.6 Å². The summed E-state index contributed by atoms with van der Waals surface area (Å²) in [5, 5.41) is 7.02. The van der Waals surface area contributed by atoms with Gasteiger partial charge in [0, 0.05) is 6.54 Å². The lowest BCUT2D eigenvalue weighted by atomic mass is 10.1. The largest absolute Gasteiger partial charge is 0.462 e. The zero-order chi connectivity index (χ0) is 13.8. The van der Waals surface area contributed by atoms with Crippen molar-refractivity contribution in [2.24, 2.45) is 5.92 Å². The number of carbonyl (C=O) groups excluding carboxylic acids is 1. The van der Waals surface area contributed by atoms with Crippen LogP contribution < -0.4 is 10.6 Å². The fourth-order valence-corrected chi connectivity index (χ4v) is 3.13. The summed E-state index contributed by atoms with van der Waals surface area (Å²) in [4.78, 5) is 16.9. The Morgan fingerprint density at radius 3 is 3.05 bits per heavy atom. The standard InChI is InChI=1S/C14H17N3O2S.2ClH/c18-13(16-6-4-10-3-5-15-8-10)12-9-17-14(20-12)11-2-1-7-19-11;;/h1-2,7,9-10,15H,3-6,8H2,(H,16,18);2*1H. The Morgan fingerprint density at radius 2 is 2.36 bits per heavy atom. The van der Waals surface area contributed by atoms with Crippen molar-refractivity contribution >= 4 is 42.1 Å². The van der Waals surface area contributed by atoms with Gasteiger partial charge in [-0.25, -0.2) is 4.98 Å². The SMILES string of the molecule is Cl.Cl.O=C(NCCC1CCNC1)c1cnc(-c2ccco2)s1. The summed E-state index contributed by atoms with van der Waals surface area (Å²) in [5.74, 6) is 1.34. The zero-order valence-electron chi connectivity index (χ0n) is 11.9. The fourth-order valence-electron chi connectivity index (χ4n) is 2.33. The highest BCUT2D eigenvalue weighted by Crippen LogP contribution is 2.25. The molecule has 0 bridgehead atoms. The van der Waals surface area contributed by atoms with Crippen LogP contribution in [-0.2, 0) is 0 Å². The molecule has 1 saturated heterocycles. The lowest BCUT2D eigenvalue weighted by Gasteiger charge is -2.08. The van der Waals surface area contributed by atoms with Gasteiger partial charge in [-0.2, -0.15) is 0 Å². The van der Waals surface area contributed by atoms with Crippen molar-refractivity contribution in [1.29, 1.82) is 0 Å². The van der Waals surface area contributed by atoms with Crippen molar-refractivity contribution in [1.82, 2.24) is 15.6 Å². The third-order valence-corrected chi connectivity index (χ3v) is 4.47.